The van der Waals surface area contributed by atoms with Gasteiger partial charge in [-0.1, -0.05) is 69.6 Å². The van der Waals surface area contributed by atoms with Crippen LogP contribution < -0.4 is 21.3 Å². The van der Waals surface area contributed by atoms with Crippen LogP contribution in [0.15, 0.2) is 97.5 Å². The number of rotatable bonds is 11. The quantitative estimate of drug-likeness (QED) is 0.101. The Labute approximate surface area is 346 Å². The minimum atomic E-state index is -0.209. The Kier molecular flexibility index (Phi) is 11.1. The maximum Gasteiger partial charge on any atom is 0.269 e. The molecule has 5 heterocycles. The third-order valence-electron chi connectivity index (χ3n) is 9.95. The second-order valence-corrected chi connectivity index (χ2v) is 15.9. The number of carbonyl (C=O) groups is 2. The van der Waals surface area contributed by atoms with Gasteiger partial charge in [0.1, 0.15) is 5.69 Å². The molecule has 0 aliphatic heterocycles. The van der Waals surface area contributed by atoms with Crippen molar-refractivity contribution in [3.63, 3.8) is 0 Å². The Balaban J connectivity index is 0.000000165. The maximum atomic E-state index is 12.4. The van der Waals surface area contributed by atoms with Gasteiger partial charge in [-0.15, -0.1) is 0 Å². The largest absolute Gasteiger partial charge is 0.367 e. The molecule has 1 fully saturated rings. The zero-order valence-corrected chi connectivity index (χ0v) is 34.4. The second-order valence-electron chi connectivity index (χ2n) is 15.5. The molecule has 13 nitrogen and oxygen atoms in total. The number of aromatic nitrogens is 7. The van der Waals surface area contributed by atoms with E-state index in [0.717, 1.165) is 93.4 Å². The summed E-state index contributed by atoms with van der Waals surface area (Å²) in [7, 11) is 1.59. The van der Waals surface area contributed by atoms with Crippen molar-refractivity contribution in [2.24, 2.45) is 11.8 Å². The summed E-state index contributed by atoms with van der Waals surface area (Å²) in [5.41, 5.74) is 9.69. The van der Waals surface area contributed by atoms with Gasteiger partial charge in [0.05, 0.1) is 56.4 Å². The van der Waals surface area contributed by atoms with E-state index in [4.69, 9.17) is 21.6 Å². The minimum absolute atomic E-state index is 0.119. The number of imidazole rings is 2. The number of amides is 2. The first-order chi connectivity index (χ1) is 28.6. The summed E-state index contributed by atoms with van der Waals surface area (Å²) in [6, 6.07) is 25.4. The summed E-state index contributed by atoms with van der Waals surface area (Å²) >= 11 is 6.52. The molecular formula is C45H46ClN11O2. The number of hydrogen-bond acceptors (Lipinski definition) is 9. The van der Waals surface area contributed by atoms with Gasteiger partial charge in [-0.25, -0.2) is 19.9 Å². The van der Waals surface area contributed by atoms with Gasteiger partial charge < -0.3 is 21.3 Å². The topological polar surface area (TPSA) is 156 Å². The van der Waals surface area contributed by atoms with E-state index in [0.29, 0.717) is 28.1 Å². The molecule has 1 saturated carbocycles. The SMILES string of the molecule is CC(C)CNc1nc2ccccc2n2c(-c3ccc(C(=O)NC4CC4)c(Cl)c3)cnc12.CNC(=O)c1ccc(-c2cnc3c(NCC(C)C)nc4ccccc4n23)cn1. The van der Waals surface area contributed by atoms with Crippen molar-refractivity contribution in [1.82, 2.24) is 44.4 Å². The van der Waals surface area contributed by atoms with Crippen LogP contribution in [0, 0.1) is 11.8 Å². The van der Waals surface area contributed by atoms with Crippen LogP contribution >= 0.6 is 11.6 Å². The Hall–Kier alpha value is -6.60. The molecule has 0 bridgehead atoms. The molecule has 0 unspecified atom stereocenters. The Bertz CT molecular complexity index is 2830. The fraction of sp³-hybridized carbons (Fsp3) is 0.267. The first kappa shape index (κ1) is 39.2. The van der Waals surface area contributed by atoms with Crippen molar-refractivity contribution in [2.45, 2.75) is 46.6 Å². The minimum Gasteiger partial charge on any atom is -0.367 e. The predicted molar refractivity (Wildman–Crippen MR) is 235 cm³/mol. The van der Waals surface area contributed by atoms with Crippen molar-refractivity contribution in [3.05, 3.63) is 114 Å². The molecular weight excluding hydrogens is 762 g/mol. The molecule has 9 rings (SSSR count). The van der Waals surface area contributed by atoms with Gasteiger partial charge in [0, 0.05) is 43.5 Å². The van der Waals surface area contributed by atoms with Crippen molar-refractivity contribution < 1.29 is 9.59 Å². The number of nitrogens with one attached hydrogen (secondary N) is 4. The average Bonchev–Trinajstić information content (AvgIpc) is 3.75. The highest BCUT2D eigenvalue weighted by Gasteiger charge is 2.25. The van der Waals surface area contributed by atoms with Crippen LogP contribution in [0.2, 0.25) is 5.02 Å². The van der Waals surface area contributed by atoms with E-state index >= 15 is 0 Å². The lowest BCUT2D eigenvalue weighted by atomic mass is 10.1. The fourth-order valence-electron chi connectivity index (χ4n) is 6.77. The number of carbonyl (C=O) groups excluding carboxylic acids is 2. The van der Waals surface area contributed by atoms with Crippen LogP contribution in [-0.2, 0) is 0 Å². The molecule has 5 aromatic heterocycles. The van der Waals surface area contributed by atoms with Gasteiger partial charge >= 0.3 is 0 Å². The van der Waals surface area contributed by atoms with Crippen LogP contribution in [0.4, 0.5) is 11.6 Å². The Morgan fingerprint density at radius 1 is 0.695 bits per heavy atom. The number of halogens is 1. The standard InChI is InChI=1S/C24H24ClN5O.C21H22N6O/c1-14(2)12-26-22-23-27-13-21(30(23)20-6-4-3-5-19(20)29-22)15-7-10-17(18(25)11-15)24(31)28-16-8-9-16;1-13(2)10-24-19-20-25-12-18(14-8-9-16(23-11-14)21(28)22-3)27(20)17-7-5-4-6-15(17)26-19/h3-7,10-11,13-14,16H,8-9,12H2,1-2H3,(H,26,29)(H,28,31);4-9,11-13H,10H2,1-3H3,(H,22,28)(H,24,26). The molecule has 8 aromatic rings. The zero-order chi connectivity index (χ0) is 41.2. The van der Waals surface area contributed by atoms with Gasteiger partial charge in [-0.2, -0.15) is 0 Å². The molecule has 3 aromatic carbocycles. The number of pyridine rings is 1. The van der Waals surface area contributed by atoms with E-state index in [9.17, 15) is 9.59 Å². The molecule has 1 aliphatic carbocycles. The number of nitrogens with zero attached hydrogens (tertiary/aromatic N) is 7. The van der Waals surface area contributed by atoms with Gasteiger partial charge in [-0.3, -0.25) is 23.4 Å². The number of benzene rings is 3. The average molecular weight is 808 g/mol. The lowest BCUT2D eigenvalue weighted by Gasteiger charge is -2.13. The third-order valence-corrected chi connectivity index (χ3v) is 10.3. The highest BCUT2D eigenvalue weighted by atomic mass is 35.5. The van der Waals surface area contributed by atoms with E-state index < -0.39 is 0 Å². The first-order valence-electron chi connectivity index (χ1n) is 19.9. The summed E-state index contributed by atoms with van der Waals surface area (Å²) in [6.07, 6.45) is 7.43. The second kappa shape index (κ2) is 16.7. The van der Waals surface area contributed by atoms with E-state index in [2.05, 4.69) is 72.7 Å². The number of anilines is 2. The van der Waals surface area contributed by atoms with Crippen LogP contribution in [0.3, 0.4) is 0 Å². The van der Waals surface area contributed by atoms with Gasteiger partial charge in [0.15, 0.2) is 22.9 Å². The van der Waals surface area contributed by atoms with Crippen LogP contribution in [0.25, 0.3) is 55.9 Å². The number of hydrogen-bond donors (Lipinski definition) is 4. The van der Waals surface area contributed by atoms with E-state index in [1.54, 1.807) is 25.4 Å². The molecule has 0 radical (unpaired) electrons. The zero-order valence-electron chi connectivity index (χ0n) is 33.6. The van der Waals surface area contributed by atoms with Gasteiger partial charge in [0.25, 0.3) is 11.8 Å². The fourth-order valence-corrected chi connectivity index (χ4v) is 7.03. The predicted octanol–water partition coefficient (Wildman–Crippen LogP) is 8.54. The van der Waals surface area contributed by atoms with Crippen LogP contribution in [-0.4, -0.2) is 71.7 Å². The van der Waals surface area contributed by atoms with Crippen molar-refractivity contribution in [2.75, 3.05) is 30.8 Å². The number of para-hydroxylation sites is 4. The highest BCUT2D eigenvalue weighted by molar-refractivity contribution is 6.34. The Morgan fingerprint density at radius 2 is 1.24 bits per heavy atom. The summed E-state index contributed by atoms with van der Waals surface area (Å²) in [4.78, 5) is 47.4. The molecule has 0 atom stereocenters. The Morgan fingerprint density at radius 3 is 1.73 bits per heavy atom. The summed E-state index contributed by atoms with van der Waals surface area (Å²) in [5, 5.41) is 12.9. The van der Waals surface area contributed by atoms with E-state index in [1.165, 1.54) is 0 Å². The molecule has 0 spiro atoms. The molecule has 0 saturated heterocycles. The highest BCUT2D eigenvalue weighted by Crippen LogP contribution is 2.32. The monoisotopic (exact) mass is 807 g/mol. The molecule has 4 N–H and O–H groups in total. The van der Waals surface area contributed by atoms with Gasteiger partial charge in [0.2, 0.25) is 0 Å². The summed E-state index contributed by atoms with van der Waals surface area (Å²) in [5.74, 6) is 2.16. The van der Waals surface area contributed by atoms with E-state index in [-0.39, 0.29) is 17.9 Å². The van der Waals surface area contributed by atoms with E-state index in [1.807, 2.05) is 79.1 Å². The smallest absolute Gasteiger partial charge is 0.269 e. The van der Waals surface area contributed by atoms with Crippen LogP contribution in [0.1, 0.15) is 61.4 Å². The van der Waals surface area contributed by atoms with Crippen molar-refractivity contribution in [3.8, 4) is 22.5 Å². The molecule has 14 heteroatoms. The summed E-state index contributed by atoms with van der Waals surface area (Å²) in [6.45, 7) is 10.2. The molecule has 59 heavy (non-hydrogen) atoms. The first-order valence-corrected chi connectivity index (χ1v) is 20.3. The normalized spacial score (nSPS) is 12.6. The van der Waals surface area contributed by atoms with Crippen LogP contribution in [0.5, 0.6) is 0 Å². The number of fused-ring (bicyclic) bond motifs is 6. The molecule has 2 amide bonds. The third kappa shape index (κ3) is 8.24. The molecule has 300 valence electrons. The maximum absolute atomic E-state index is 12.4. The van der Waals surface area contributed by atoms with Crippen molar-refractivity contribution in [1.29, 1.82) is 0 Å². The molecule has 1 aliphatic rings. The van der Waals surface area contributed by atoms with Gasteiger partial charge in [-0.05, 0) is 73.2 Å². The summed E-state index contributed by atoms with van der Waals surface area (Å²) < 4.78 is 4.18. The lowest BCUT2D eigenvalue weighted by Crippen LogP contribution is -2.25. The van der Waals surface area contributed by atoms with Crippen molar-refractivity contribution >= 4 is 68.4 Å². The lowest BCUT2D eigenvalue weighted by molar-refractivity contribution is 0.0946.